The minimum Gasteiger partial charge on any atom is -0.444 e. The number of amides is 1. The maximum Gasteiger partial charge on any atom is 0.410 e. The van der Waals surface area contributed by atoms with Crippen molar-refractivity contribution in [3.63, 3.8) is 0 Å². The summed E-state index contributed by atoms with van der Waals surface area (Å²) in [5.41, 5.74) is 0.0572. The molecule has 1 aliphatic carbocycles. The first kappa shape index (κ1) is 13.2. The van der Waals surface area contributed by atoms with Gasteiger partial charge in [-0.15, -0.1) is 0 Å². The number of carbonyl (C=O) groups excluding carboxylic acids is 1. The first-order valence-electron chi connectivity index (χ1n) is 7.59. The van der Waals surface area contributed by atoms with E-state index >= 15 is 0 Å². The third-order valence-electron chi connectivity index (χ3n) is 4.70. The van der Waals surface area contributed by atoms with Gasteiger partial charge < -0.3 is 14.5 Å². The van der Waals surface area contributed by atoms with Gasteiger partial charge in [0.25, 0.3) is 0 Å². The number of nitrogens with zero attached hydrogens (tertiary/aromatic N) is 2. The largest absolute Gasteiger partial charge is 0.444 e. The Bertz CT molecular complexity index is 355. The zero-order valence-electron chi connectivity index (χ0n) is 12.4. The number of likely N-dealkylation sites (tertiary alicyclic amines) is 2. The van der Waals surface area contributed by atoms with Gasteiger partial charge in [0.05, 0.1) is 0 Å². The van der Waals surface area contributed by atoms with Crippen LogP contribution in [0.5, 0.6) is 0 Å². The van der Waals surface area contributed by atoms with Crippen LogP contribution >= 0.6 is 0 Å². The molecule has 0 atom stereocenters. The molecule has 3 fully saturated rings. The molecule has 1 saturated carbocycles. The second-order valence-corrected chi connectivity index (χ2v) is 7.64. The molecule has 108 valence electrons. The van der Waals surface area contributed by atoms with Crippen LogP contribution in [-0.2, 0) is 4.74 Å². The molecule has 19 heavy (non-hydrogen) atoms. The van der Waals surface area contributed by atoms with E-state index < -0.39 is 0 Å². The maximum absolute atomic E-state index is 11.9. The summed E-state index contributed by atoms with van der Waals surface area (Å²) in [6.07, 6.45) is 5.17. The zero-order valence-corrected chi connectivity index (χ0v) is 12.4. The standard InChI is InChI=1S/C15H26N2O2/c1-14(2,3)19-13(18)17-10-15(11-17)8-12(9-15)16-6-4-5-7-16/h12H,4-11H2,1-3H3. The van der Waals surface area contributed by atoms with Gasteiger partial charge in [-0.3, -0.25) is 0 Å². The van der Waals surface area contributed by atoms with E-state index in [4.69, 9.17) is 4.74 Å². The van der Waals surface area contributed by atoms with Crippen molar-refractivity contribution in [1.29, 1.82) is 0 Å². The highest BCUT2D eigenvalue weighted by atomic mass is 16.6. The molecule has 0 radical (unpaired) electrons. The van der Waals surface area contributed by atoms with Crippen molar-refractivity contribution in [2.75, 3.05) is 26.2 Å². The van der Waals surface area contributed by atoms with Crippen LogP contribution in [0.2, 0.25) is 0 Å². The number of carbonyl (C=O) groups is 1. The minimum atomic E-state index is -0.377. The predicted octanol–water partition coefficient (Wildman–Crippen LogP) is 2.48. The van der Waals surface area contributed by atoms with Crippen molar-refractivity contribution in [1.82, 2.24) is 9.80 Å². The predicted molar refractivity (Wildman–Crippen MR) is 74.1 cm³/mol. The van der Waals surface area contributed by atoms with E-state index in [-0.39, 0.29) is 11.7 Å². The van der Waals surface area contributed by atoms with Gasteiger partial charge in [0.2, 0.25) is 0 Å². The smallest absolute Gasteiger partial charge is 0.410 e. The molecule has 2 heterocycles. The number of rotatable bonds is 1. The van der Waals surface area contributed by atoms with Crippen LogP contribution in [0, 0.1) is 5.41 Å². The highest BCUT2D eigenvalue weighted by Crippen LogP contribution is 2.50. The fourth-order valence-electron chi connectivity index (χ4n) is 3.78. The molecule has 0 aromatic heterocycles. The molecule has 2 saturated heterocycles. The van der Waals surface area contributed by atoms with Crippen molar-refractivity contribution in [2.24, 2.45) is 5.41 Å². The van der Waals surface area contributed by atoms with E-state index in [9.17, 15) is 4.79 Å². The average Bonchev–Trinajstić information content (AvgIpc) is 2.62. The summed E-state index contributed by atoms with van der Waals surface area (Å²) in [5.74, 6) is 0. The molecule has 3 aliphatic rings. The molecule has 3 rings (SSSR count). The van der Waals surface area contributed by atoms with Crippen molar-refractivity contribution in [3.05, 3.63) is 0 Å². The molecule has 0 bridgehead atoms. The Kier molecular flexibility index (Phi) is 3.04. The van der Waals surface area contributed by atoms with Crippen LogP contribution in [-0.4, -0.2) is 53.7 Å². The fourth-order valence-corrected chi connectivity index (χ4v) is 3.78. The molecule has 0 unspecified atom stereocenters. The summed E-state index contributed by atoms with van der Waals surface area (Å²) >= 11 is 0. The van der Waals surface area contributed by atoms with Gasteiger partial charge in [-0.2, -0.15) is 0 Å². The molecule has 2 aliphatic heterocycles. The van der Waals surface area contributed by atoms with Crippen LogP contribution in [0.3, 0.4) is 0 Å². The lowest BCUT2D eigenvalue weighted by atomic mass is 9.60. The van der Waals surface area contributed by atoms with E-state index in [1.165, 1.54) is 38.8 Å². The van der Waals surface area contributed by atoms with Gasteiger partial charge >= 0.3 is 6.09 Å². The molecule has 0 N–H and O–H groups in total. The van der Waals surface area contributed by atoms with Crippen LogP contribution < -0.4 is 0 Å². The maximum atomic E-state index is 11.9. The van der Waals surface area contributed by atoms with Crippen molar-refractivity contribution in [2.45, 2.75) is 58.1 Å². The van der Waals surface area contributed by atoms with E-state index in [0.717, 1.165) is 19.1 Å². The first-order valence-corrected chi connectivity index (χ1v) is 7.59. The molecule has 1 spiro atoms. The molecular weight excluding hydrogens is 240 g/mol. The molecule has 0 aromatic carbocycles. The van der Waals surface area contributed by atoms with Crippen LogP contribution in [0.15, 0.2) is 0 Å². The topological polar surface area (TPSA) is 32.8 Å². The van der Waals surface area contributed by atoms with Gasteiger partial charge in [0, 0.05) is 24.5 Å². The molecule has 1 amide bonds. The van der Waals surface area contributed by atoms with E-state index in [2.05, 4.69) is 4.90 Å². The van der Waals surface area contributed by atoms with Crippen LogP contribution in [0.25, 0.3) is 0 Å². The summed E-state index contributed by atoms with van der Waals surface area (Å²) in [4.78, 5) is 16.4. The lowest BCUT2D eigenvalue weighted by Gasteiger charge is -2.60. The van der Waals surface area contributed by atoms with Crippen molar-refractivity contribution >= 4 is 6.09 Å². The second kappa shape index (κ2) is 4.37. The Morgan fingerprint density at radius 1 is 1.16 bits per heavy atom. The SMILES string of the molecule is CC(C)(C)OC(=O)N1CC2(CC(N3CCCC3)C2)C1. The Morgan fingerprint density at radius 3 is 2.26 bits per heavy atom. The van der Waals surface area contributed by atoms with E-state index in [1.807, 2.05) is 25.7 Å². The van der Waals surface area contributed by atoms with Gasteiger partial charge in [-0.05, 0) is 59.5 Å². The zero-order chi connectivity index (χ0) is 13.7. The Labute approximate surface area is 116 Å². The average molecular weight is 266 g/mol. The summed E-state index contributed by atoms with van der Waals surface area (Å²) in [6.45, 7) is 10.2. The van der Waals surface area contributed by atoms with Gasteiger partial charge in [-0.25, -0.2) is 4.79 Å². The molecule has 4 nitrogen and oxygen atoms in total. The molecule has 4 heteroatoms. The summed E-state index contributed by atoms with van der Waals surface area (Å²) in [7, 11) is 0. The third kappa shape index (κ3) is 2.60. The van der Waals surface area contributed by atoms with Crippen molar-refractivity contribution in [3.8, 4) is 0 Å². The van der Waals surface area contributed by atoms with Gasteiger partial charge in [0.1, 0.15) is 5.60 Å². The van der Waals surface area contributed by atoms with Crippen LogP contribution in [0.4, 0.5) is 4.79 Å². The van der Waals surface area contributed by atoms with Crippen molar-refractivity contribution < 1.29 is 9.53 Å². The summed E-state index contributed by atoms with van der Waals surface area (Å²) < 4.78 is 5.41. The van der Waals surface area contributed by atoms with E-state index in [1.54, 1.807) is 0 Å². The summed E-state index contributed by atoms with van der Waals surface area (Å²) in [6, 6.07) is 0.795. The normalized spacial score (nSPS) is 27.2. The highest BCUT2D eigenvalue weighted by molar-refractivity contribution is 5.69. The Balaban J connectivity index is 1.43. The monoisotopic (exact) mass is 266 g/mol. The lowest BCUT2D eigenvalue weighted by molar-refractivity contribution is -0.104. The first-order chi connectivity index (χ1) is 8.87. The third-order valence-corrected chi connectivity index (χ3v) is 4.70. The lowest BCUT2D eigenvalue weighted by Crippen LogP contribution is -2.67. The summed E-state index contributed by atoms with van der Waals surface area (Å²) in [5, 5.41) is 0. The molecule has 0 aromatic rings. The van der Waals surface area contributed by atoms with Gasteiger partial charge in [0.15, 0.2) is 0 Å². The number of ether oxygens (including phenoxy) is 1. The highest BCUT2D eigenvalue weighted by Gasteiger charge is 2.55. The Hall–Kier alpha value is -0.770. The quantitative estimate of drug-likeness (QED) is 0.731. The molecular formula is C15H26N2O2. The minimum absolute atomic E-state index is 0.136. The second-order valence-electron chi connectivity index (χ2n) is 7.64. The number of hydrogen-bond donors (Lipinski definition) is 0. The van der Waals surface area contributed by atoms with E-state index in [0.29, 0.717) is 5.41 Å². The fraction of sp³-hybridized carbons (Fsp3) is 0.933. The van der Waals surface area contributed by atoms with Gasteiger partial charge in [-0.1, -0.05) is 0 Å². The number of hydrogen-bond acceptors (Lipinski definition) is 3. The Morgan fingerprint density at radius 2 is 1.74 bits per heavy atom. The van der Waals surface area contributed by atoms with Crippen LogP contribution in [0.1, 0.15) is 46.5 Å².